The number of hydrogen-bond acceptors (Lipinski definition) is 6. The summed E-state index contributed by atoms with van der Waals surface area (Å²) in [6.07, 6.45) is 1.08. The summed E-state index contributed by atoms with van der Waals surface area (Å²) >= 11 is 0. The van der Waals surface area contributed by atoms with Gasteiger partial charge in [0.25, 0.3) is 0 Å². The number of ketones is 1. The second kappa shape index (κ2) is 9.30. The first kappa shape index (κ1) is 23.9. The van der Waals surface area contributed by atoms with Gasteiger partial charge in [0.2, 0.25) is 0 Å². The predicted molar refractivity (Wildman–Crippen MR) is 126 cm³/mol. The largest absolute Gasteiger partial charge is 0.496 e. The lowest BCUT2D eigenvalue weighted by atomic mass is 10.0. The molecule has 5 rings (SSSR count). The maximum absolute atomic E-state index is 12.7. The minimum Gasteiger partial charge on any atom is -0.496 e. The summed E-state index contributed by atoms with van der Waals surface area (Å²) in [7, 11) is 2.72. The lowest BCUT2D eigenvalue weighted by molar-refractivity contribution is -0.133. The van der Waals surface area contributed by atoms with E-state index in [4.69, 9.17) is 9.47 Å². The molecule has 1 fully saturated rings. The van der Waals surface area contributed by atoms with Crippen molar-refractivity contribution in [2.24, 2.45) is 0 Å². The van der Waals surface area contributed by atoms with Gasteiger partial charge in [0.05, 0.1) is 44.8 Å². The molecule has 1 saturated heterocycles. The molecule has 0 bridgehead atoms. The van der Waals surface area contributed by atoms with Crippen LogP contribution in [0.5, 0.6) is 11.5 Å². The zero-order chi connectivity index (χ0) is 25.4. The minimum absolute atomic E-state index is 0.0113. The highest BCUT2D eigenvalue weighted by molar-refractivity contribution is 6.02. The van der Waals surface area contributed by atoms with Crippen molar-refractivity contribution < 1.29 is 27.4 Å². The number of pyridine rings is 1. The second-order valence-corrected chi connectivity index (χ2v) is 8.60. The number of ether oxygens (including phenoxy) is 2. The normalized spacial score (nSPS) is 14.1. The summed E-state index contributed by atoms with van der Waals surface area (Å²) in [5, 5.41) is 7.70. The molecule has 188 valence electrons. The fourth-order valence-electron chi connectivity index (χ4n) is 4.24. The van der Waals surface area contributed by atoms with Crippen molar-refractivity contribution in [2.75, 3.05) is 27.3 Å². The number of carbonyl (C=O) groups excluding carboxylic acids is 1. The number of imidazole rings is 1. The zero-order valence-electron chi connectivity index (χ0n) is 19.7. The number of methoxy groups -OCH3 is 2. The van der Waals surface area contributed by atoms with Crippen molar-refractivity contribution in [3.05, 3.63) is 54.6 Å². The van der Waals surface area contributed by atoms with Gasteiger partial charge in [0, 0.05) is 43.0 Å². The molecule has 0 aliphatic carbocycles. The summed E-state index contributed by atoms with van der Waals surface area (Å²) in [5.41, 5.74) is 3.99. The molecule has 3 aromatic heterocycles. The first-order valence-electron chi connectivity index (χ1n) is 11.4. The Balaban J connectivity index is 1.48. The Morgan fingerprint density at radius 3 is 2.42 bits per heavy atom. The molecule has 1 aliphatic heterocycles. The molecule has 8 nitrogen and oxygen atoms in total. The molecule has 0 unspecified atom stereocenters. The van der Waals surface area contributed by atoms with Gasteiger partial charge in [-0.2, -0.15) is 18.3 Å². The summed E-state index contributed by atoms with van der Waals surface area (Å²) in [6.45, 7) is 1.81. The average molecular weight is 499 g/mol. The van der Waals surface area contributed by atoms with Crippen molar-refractivity contribution >= 4 is 11.4 Å². The topological polar surface area (TPSA) is 82.7 Å². The molecule has 4 aromatic rings. The number of nitrogens with zero attached hydrogens (tertiary/aromatic N) is 4. The van der Waals surface area contributed by atoms with Crippen LogP contribution in [0.1, 0.15) is 29.2 Å². The Bertz CT molecular complexity index is 1400. The molecule has 0 spiro atoms. The van der Waals surface area contributed by atoms with Gasteiger partial charge >= 0.3 is 6.18 Å². The third-order valence-electron chi connectivity index (χ3n) is 6.30. The number of hydrogen-bond donors (Lipinski definition) is 1. The van der Waals surface area contributed by atoms with Crippen LogP contribution in [0, 0.1) is 0 Å². The van der Waals surface area contributed by atoms with Crippen LogP contribution in [0.25, 0.3) is 28.0 Å². The Morgan fingerprint density at radius 1 is 1.08 bits per heavy atom. The van der Waals surface area contributed by atoms with Crippen LogP contribution in [0.4, 0.5) is 13.2 Å². The van der Waals surface area contributed by atoms with Gasteiger partial charge < -0.3 is 14.8 Å². The quantitative estimate of drug-likeness (QED) is 0.358. The van der Waals surface area contributed by atoms with E-state index in [9.17, 15) is 18.0 Å². The maximum atomic E-state index is 12.7. The van der Waals surface area contributed by atoms with E-state index in [0.717, 1.165) is 24.2 Å². The Labute approximate surface area is 204 Å². The highest BCUT2D eigenvalue weighted by Gasteiger charge is 2.30. The molecule has 0 radical (unpaired) electrons. The maximum Gasteiger partial charge on any atom is 0.389 e. The molecule has 11 heteroatoms. The fraction of sp³-hybridized carbons (Fsp3) is 0.320. The predicted octanol–water partition coefficient (Wildman–Crippen LogP) is 4.55. The van der Waals surface area contributed by atoms with E-state index in [1.165, 1.54) is 14.2 Å². The van der Waals surface area contributed by atoms with Crippen LogP contribution in [-0.2, 0) is 0 Å². The summed E-state index contributed by atoms with van der Waals surface area (Å²) in [6, 6.07) is 7.50. The summed E-state index contributed by atoms with van der Waals surface area (Å²) < 4.78 is 52.6. The van der Waals surface area contributed by atoms with E-state index >= 15 is 0 Å². The standard InChI is InChI=1S/C25H24F3N5O3/c1-35-21-7-16(8-22(36-2)24(21)20(34)3-5-25(26,27)28)19-13-30-23-9-15(4-6-32(19)23)17-10-31-33(14-17)18-11-29-12-18/h4,6-10,13-14,18,29H,3,5,11-12H2,1-2H3. The van der Waals surface area contributed by atoms with E-state index in [0.29, 0.717) is 22.9 Å². The lowest BCUT2D eigenvalue weighted by Gasteiger charge is -2.27. The molecule has 4 heterocycles. The van der Waals surface area contributed by atoms with Crippen molar-refractivity contribution in [1.29, 1.82) is 0 Å². The first-order valence-corrected chi connectivity index (χ1v) is 11.4. The van der Waals surface area contributed by atoms with Gasteiger partial charge in [-0.1, -0.05) is 0 Å². The molecule has 36 heavy (non-hydrogen) atoms. The Morgan fingerprint density at radius 2 is 1.81 bits per heavy atom. The van der Waals surface area contributed by atoms with E-state index in [1.807, 2.05) is 39.8 Å². The third kappa shape index (κ3) is 4.53. The Kier molecular flexibility index (Phi) is 6.17. The van der Waals surface area contributed by atoms with E-state index in [-0.39, 0.29) is 17.1 Å². The van der Waals surface area contributed by atoms with Gasteiger partial charge in [-0.3, -0.25) is 13.9 Å². The van der Waals surface area contributed by atoms with Gasteiger partial charge in [0.1, 0.15) is 22.7 Å². The van der Waals surface area contributed by atoms with Gasteiger partial charge in [-0.25, -0.2) is 4.98 Å². The average Bonchev–Trinajstić information content (AvgIpc) is 3.47. The van der Waals surface area contributed by atoms with Crippen LogP contribution < -0.4 is 14.8 Å². The van der Waals surface area contributed by atoms with Crippen LogP contribution in [-0.4, -0.2) is 58.4 Å². The molecule has 1 aromatic carbocycles. The molecular formula is C25H24F3N5O3. The molecule has 0 amide bonds. The number of benzene rings is 1. The molecule has 1 aliphatic rings. The van der Waals surface area contributed by atoms with Crippen LogP contribution in [0.3, 0.4) is 0 Å². The van der Waals surface area contributed by atoms with Crippen molar-refractivity contribution in [3.63, 3.8) is 0 Å². The third-order valence-corrected chi connectivity index (χ3v) is 6.30. The minimum atomic E-state index is -4.43. The van der Waals surface area contributed by atoms with E-state index < -0.39 is 24.8 Å². The number of fused-ring (bicyclic) bond motifs is 1. The highest BCUT2D eigenvalue weighted by Crippen LogP contribution is 2.37. The molecular weight excluding hydrogens is 475 g/mol. The highest BCUT2D eigenvalue weighted by atomic mass is 19.4. The number of carbonyl (C=O) groups is 1. The Hall–Kier alpha value is -3.86. The number of alkyl halides is 3. The number of nitrogens with one attached hydrogen (secondary N) is 1. The van der Waals surface area contributed by atoms with Gasteiger partial charge in [-0.05, 0) is 29.8 Å². The first-order chi connectivity index (χ1) is 17.3. The van der Waals surface area contributed by atoms with E-state index in [1.54, 1.807) is 18.3 Å². The molecule has 0 atom stereocenters. The zero-order valence-corrected chi connectivity index (χ0v) is 19.7. The van der Waals surface area contributed by atoms with Crippen LogP contribution in [0.15, 0.2) is 49.1 Å². The van der Waals surface area contributed by atoms with Crippen molar-refractivity contribution in [2.45, 2.75) is 25.1 Å². The van der Waals surface area contributed by atoms with Crippen LogP contribution in [0.2, 0.25) is 0 Å². The second-order valence-electron chi connectivity index (χ2n) is 8.60. The van der Waals surface area contributed by atoms with Gasteiger partial charge in [-0.15, -0.1) is 0 Å². The fourth-order valence-corrected chi connectivity index (χ4v) is 4.24. The number of Topliss-reactive ketones (excluding diaryl/α,β-unsaturated/α-hetero) is 1. The summed E-state index contributed by atoms with van der Waals surface area (Å²) in [5.74, 6) is -0.421. The SMILES string of the molecule is COc1cc(-c2cnc3cc(-c4cnn(C5CNC5)c4)ccn23)cc(OC)c1C(=O)CCC(F)(F)F. The molecule has 0 saturated carbocycles. The monoisotopic (exact) mass is 499 g/mol. The number of aromatic nitrogens is 4. The van der Waals surface area contributed by atoms with Crippen LogP contribution >= 0.6 is 0 Å². The van der Waals surface area contributed by atoms with E-state index in [2.05, 4.69) is 15.4 Å². The van der Waals surface area contributed by atoms with Crippen molar-refractivity contribution in [3.8, 4) is 33.9 Å². The molecule has 1 N–H and O–H groups in total. The summed E-state index contributed by atoms with van der Waals surface area (Å²) in [4.78, 5) is 17.1. The number of halogens is 3. The smallest absolute Gasteiger partial charge is 0.389 e. The van der Waals surface area contributed by atoms with Gasteiger partial charge in [0.15, 0.2) is 5.78 Å². The lowest BCUT2D eigenvalue weighted by Crippen LogP contribution is -2.43. The van der Waals surface area contributed by atoms with Crippen molar-refractivity contribution in [1.82, 2.24) is 24.5 Å². The number of rotatable bonds is 8.